The van der Waals surface area contributed by atoms with Crippen LogP contribution in [0.5, 0.6) is 0 Å². The molecule has 1 atom stereocenters. The fraction of sp³-hybridized carbons (Fsp3) is 0.250. The molecule has 0 aliphatic heterocycles. The van der Waals surface area contributed by atoms with Gasteiger partial charge in [0.1, 0.15) is 5.82 Å². The molecule has 2 aromatic rings. The Hall–Kier alpha value is -2.41. The summed E-state index contributed by atoms with van der Waals surface area (Å²) >= 11 is 1.44. The summed E-state index contributed by atoms with van der Waals surface area (Å²) in [6, 6.07) is 8.99. The maximum Gasteiger partial charge on any atom is 0.312 e. The molecule has 1 aromatic carbocycles. The standard InChI is InChI=1S/C16H18FN3O2S/c17-12-5-2-1-4-11(12)7-8-19-15(21)10-13(20-16(18)22)14-6-3-9-23-14/h1-6,9,13H,7-8,10H2,(H,19,21)(H3,18,20,22)/t13-/m0/s1. The summed E-state index contributed by atoms with van der Waals surface area (Å²) in [6.07, 6.45) is 0.492. The molecule has 0 saturated heterocycles. The molecule has 2 rings (SSSR count). The van der Waals surface area contributed by atoms with E-state index in [4.69, 9.17) is 5.73 Å². The lowest BCUT2D eigenvalue weighted by Gasteiger charge is -2.16. The maximum atomic E-state index is 13.5. The lowest BCUT2D eigenvalue weighted by molar-refractivity contribution is -0.121. The monoisotopic (exact) mass is 335 g/mol. The van der Waals surface area contributed by atoms with Gasteiger partial charge in [0, 0.05) is 11.4 Å². The van der Waals surface area contributed by atoms with E-state index in [1.807, 2.05) is 17.5 Å². The van der Waals surface area contributed by atoms with Crippen molar-refractivity contribution in [1.82, 2.24) is 10.6 Å². The Morgan fingerprint density at radius 1 is 1.22 bits per heavy atom. The molecule has 0 bridgehead atoms. The molecule has 0 unspecified atom stereocenters. The summed E-state index contributed by atoms with van der Waals surface area (Å²) in [5, 5.41) is 7.15. The van der Waals surface area contributed by atoms with Gasteiger partial charge >= 0.3 is 6.03 Å². The minimum Gasteiger partial charge on any atom is -0.356 e. The van der Waals surface area contributed by atoms with E-state index in [1.165, 1.54) is 17.4 Å². The van der Waals surface area contributed by atoms with Gasteiger partial charge in [-0.3, -0.25) is 4.79 Å². The van der Waals surface area contributed by atoms with Crippen LogP contribution in [0.4, 0.5) is 9.18 Å². The van der Waals surface area contributed by atoms with Gasteiger partial charge in [-0.2, -0.15) is 0 Å². The fourth-order valence-electron chi connectivity index (χ4n) is 2.18. The Bertz CT molecular complexity index is 661. The number of amides is 3. The second kappa shape index (κ2) is 8.28. The van der Waals surface area contributed by atoms with E-state index in [-0.39, 0.29) is 18.1 Å². The Balaban J connectivity index is 1.85. The average molecular weight is 335 g/mol. The zero-order valence-electron chi connectivity index (χ0n) is 12.4. The largest absolute Gasteiger partial charge is 0.356 e. The highest BCUT2D eigenvalue weighted by molar-refractivity contribution is 7.10. The van der Waals surface area contributed by atoms with E-state index in [0.29, 0.717) is 18.5 Å². The molecule has 4 N–H and O–H groups in total. The smallest absolute Gasteiger partial charge is 0.312 e. The Morgan fingerprint density at radius 2 is 2.00 bits per heavy atom. The van der Waals surface area contributed by atoms with Gasteiger partial charge in [0.2, 0.25) is 5.91 Å². The zero-order valence-corrected chi connectivity index (χ0v) is 13.2. The molecule has 5 nitrogen and oxygen atoms in total. The quantitative estimate of drug-likeness (QED) is 0.725. The molecule has 3 amide bonds. The summed E-state index contributed by atoms with van der Waals surface area (Å²) in [4.78, 5) is 23.9. The van der Waals surface area contributed by atoms with Gasteiger partial charge in [-0.25, -0.2) is 9.18 Å². The van der Waals surface area contributed by atoms with E-state index in [9.17, 15) is 14.0 Å². The van der Waals surface area contributed by atoms with Crippen LogP contribution in [0.3, 0.4) is 0 Å². The van der Waals surface area contributed by atoms with Crippen LogP contribution in [0.25, 0.3) is 0 Å². The highest BCUT2D eigenvalue weighted by Gasteiger charge is 2.18. The zero-order chi connectivity index (χ0) is 16.7. The van der Waals surface area contributed by atoms with Crippen molar-refractivity contribution in [2.24, 2.45) is 5.73 Å². The molecule has 0 aliphatic rings. The van der Waals surface area contributed by atoms with Crippen LogP contribution < -0.4 is 16.4 Å². The third-order valence-corrected chi connectivity index (χ3v) is 4.25. The number of rotatable bonds is 7. The van der Waals surface area contributed by atoms with Gasteiger partial charge in [-0.1, -0.05) is 24.3 Å². The number of halogens is 1. The van der Waals surface area contributed by atoms with Crippen LogP contribution >= 0.6 is 11.3 Å². The predicted molar refractivity (Wildman–Crippen MR) is 87.5 cm³/mol. The Morgan fingerprint density at radius 3 is 2.65 bits per heavy atom. The number of urea groups is 1. The first-order valence-corrected chi connectivity index (χ1v) is 8.03. The highest BCUT2D eigenvalue weighted by Crippen LogP contribution is 2.21. The van der Waals surface area contributed by atoms with Gasteiger partial charge in [-0.15, -0.1) is 11.3 Å². The van der Waals surface area contributed by atoms with Crippen LogP contribution in [-0.2, 0) is 11.2 Å². The van der Waals surface area contributed by atoms with Crippen LogP contribution in [-0.4, -0.2) is 18.5 Å². The number of hydrogen-bond donors (Lipinski definition) is 3. The second-order valence-corrected chi connectivity index (χ2v) is 5.95. The second-order valence-electron chi connectivity index (χ2n) is 4.97. The molecule has 0 aliphatic carbocycles. The van der Waals surface area contributed by atoms with Gasteiger partial charge in [-0.05, 0) is 29.5 Å². The summed E-state index contributed by atoms with van der Waals surface area (Å²) in [5.41, 5.74) is 5.70. The fourth-order valence-corrected chi connectivity index (χ4v) is 2.96. The minimum absolute atomic E-state index is 0.0841. The first-order chi connectivity index (χ1) is 11.1. The van der Waals surface area contributed by atoms with Gasteiger partial charge in [0.25, 0.3) is 0 Å². The minimum atomic E-state index is -0.678. The first kappa shape index (κ1) is 17.0. The number of carbonyl (C=O) groups is 2. The molecule has 0 spiro atoms. The Labute approximate surface area is 137 Å². The molecular formula is C16H18FN3O2S. The van der Waals surface area contributed by atoms with Crippen molar-refractivity contribution in [1.29, 1.82) is 0 Å². The molecule has 122 valence electrons. The molecule has 0 radical (unpaired) electrons. The number of carbonyl (C=O) groups excluding carboxylic acids is 2. The molecule has 0 saturated carbocycles. The van der Waals surface area contributed by atoms with Crippen molar-refractivity contribution < 1.29 is 14.0 Å². The van der Waals surface area contributed by atoms with Gasteiger partial charge < -0.3 is 16.4 Å². The SMILES string of the molecule is NC(=O)N[C@@H](CC(=O)NCCc1ccccc1F)c1cccs1. The van der Waals surface area contributed by atoms with Crippen LogP contribution in [0, 0.1) is 5.82 Å². The summed E-state index contributed by atoms with van der Waals surface area (Å²) in [6.45, 7) is 0.327. The lowest BCUT2D eigenvalue weighted by atomic mass is 10.1. The number of thiophene rings is 1. The summed E-state index contributed by atoms with van der Waals surface area (Å²) < 4.78 is 13.5. The summed E-state index contributed by atoms with van der Waals surface area (Å²) in [5.74, 6) is -0.512. The highest BCUT2D eigenvalue weighted by atomic mass is 32.1. The maximum absolute atomic E-state index is 13.5. The molecule has 1 heterocycles. The molecule has 1 aromatic heterocycles. The number of primary amides is 1. The van der Waals surface area contributed by atoms with Crippen molar-refractivity contribution in [3.63, 3.8) is 0 Å². The van der Waals surface area contributed by atoms with Crippen molar-refractivity contribution in [3.8, 4) is 0 Å². The van der Waals surface area contributed by atoms with Crippen molar-refractivity contribution in [3.05, 3.63) is 58.0 Å². The van der Waals surface area contributed by atoms with Crippen LogP contribution in [0.2, 0.25) is 0 Å². The third-order valence-electron chi connectivity index (χ3n) is 3.27. The number of benzene rings is 1. The first-order valence-electron chi connectivity index (χ1n) is 7.15. The number of hydrogen-bond acceptors (Lipinski definition) is 3. The van der Waals surface area contributed by atoms with Gasteiger partial charge in [0.05, 0.1) is 12.5 Å². The normalized spacial score (nSPS) is 11.7. The molecule has 0 fully saturated rings. The van der Waals surface area contributed by atoms with E-state index < -0.39 is 12.1 Å². The van der Waals surface area contributed by atoms with E-state index in [1.54, 1.807) is 18.2 Å². The van der Waals surface area contributed by atoms with Crippen molar-refractivity contribution in [2.75, 3.05) is 6.54 Å². The predicted octanol–water partition coefficient (Wildman–Crippen LogP) is 2.35. The molecule has 23 heavy (non-hydrogen) atoms. The topological polar surface area (TPSA) is 84.2 Å². The van der Waals surface area contributed by atoms with E-state index >= 15 is 0 Å². The van der Waals surface area contributed by atoms with Gasteiger partial charge in [0.15, 0.2) is 0 Å². The Kier molecular flexibility index (Phi) is 6.10. The summed E-state index contributed by atoms with van der Waals surface area (Å²) in [7, 11) is 0. The molecule has 7 heteroatoms. The van der Waals surface area contributed by atoms with Crippen molar-refractivity contribution in [2.45, 2.75) is 18.9 Å². The van der Waals surface area contributed by atoms with Crippen LogP contribution in [0.15, 0.2) is 41.8 Å². The average Bonchev–Trinajstić information content (AvgIpc) is 3.02. The number of nitrogens with two attached hydrogens (primary N) is 1. The van der Waals surface area contributed by atoms with Crippen molar-refractivity contribution >= 4 is 23.3 Å². The molecular weight excluding hydrogens is 317 g/mol. The van der Waals surface area contributed by atoms with E-state index in [0.717, 1.165) is 4.88 Å². The third kappa shape index (κ3) is 5.37. The number of nitrogens with one attached hydrogen (secondary N) is 2. The lowest BCUT2D eigenvalue weighted by Crippen LogP contribution is -2.36. The van der Waals surface area contributed by atoms with E-state index in [2.05, 4.69) is 10.6 Å². The van der Waals surface area contributed by atoms with Crippen LogP contribution in [0.1, 0.15) is 22.9 Å².